The van der Waals surface area contributed by atoms with Gasteiger partial charge >= 0.3 is 17.9 Å². The van der Waals surface area contributed by atoms with E-state index in [0.29, 0.717) is 35.7 Å². The van der Waals surface area contributed by atoms with Gasteiger partial charge in [-0.15, -0.1) is 0 Å². The molecule has 7 heteroatoms. The number of cyclic esters (lactones) is 1. The molecule has 2 aromatic rings. The molecule has 1 atom stereocenters. The topological polar surface area (TPSA) is 88.1 Å². The summed E-state index contributed by atoms with van der Waals surface area (Å²) in [4.78, 5) is 35.0. The zero-order valence-corrected chi connectivity index (χ0v) is 17.0. The van der Waals surface area contributed by atoms with Gasteiger partial charge in [-0.2, -0.15) is 0 Å². The number of hydrogen-bond acceptors (Lipinski definition) is 7. The molecule has 2 aromatic carbocycles. The highest BCUT2D eigenvalue weighted by atomic mass is 16.6. The molecule has 3 rings (SSSR count). The summed E-state index contributed by atoms with van der Waals surface area (Å²) in [6.07, 6.45) is 3.05. The van der Waals surface area contributed by atoms with Gasteiger partial charge in [0.25, 0.3) is 0 Å². The molecule has 31 heavy (non-hydrogen) atoms. The van der Waals surface area contributed by atoms with Crippen molar-refractivity contribution in [1.29, 1.82) is 0 Å². The summed E-state index contributed by atoms with van der Waals surface area (Å²) in [6, 6.07) is 13.2. The minimum absolute atomic E-state index is 0.214. The summed E-state index contributed by atoms with van der Waals surface area (Å²) in [7, 11) is 0. The SMILES string of the molecule is C=C1CC(COc2ccc(C(=O)Oc3ccc(/C=C/C(=O)OCC)cc3)cc2)OC1=O. The Morgan fingerprint density at radius 1 is 1.10 bits per heavy atom. The standard InChI is InChI=1S/C24H22O7/c1-3-28-22(25)13-6-17-4-9-20(10-5-17)30-24(27)18-7-11-19(12-8-18)29-15-21-14-16(2)23(26)31-21/h4-13,21H,2-3,14-15H2,1H3/b13-6+. The Kier molecular flexibility index (Phi) is 7.22. The van der Waals surface area contributed by atoms with Crippen LogP contribution in [0, 0.1) is 0 Å². The second kappa shape index (κ2) is 10.2. The molecule has 1 unspecified atom stereocenters. The average Bonchev–Trinajstić information content (AvgIpc) is 3.09. The van der Waals surface area contributed by atoms with Gasteiger partial charge in [0.15, 0.2) is 0 Å². The van der Waals surface area contributed by atoms with Crippen molar-refractivity contribution in [2.45, 2.75) is 19.4 Å². The Hall–Kier alpha value is -3.87. The van der Waals surface area contributed by atoms with E-state index in [0.717, 1.165) is 5.56 Å². The van der Waals surface area contributed by atoms with E-state index in [1.165, 1.54) is 6.08 Å². The molecular weight excluding hydrogens is 400 g/mol. The van der Waals surface area contributed by atoms with Gasteiger partial charge in [-0.3, -0.25) is 0 Å². The van der Waals surface area contributed by atoms with Crippen LogP contribution >= 0.6 is 0 Å². The quantitative estimate of drug-likeness (QED) is 0.364. The third-order valence-corrected chi connectivity index (χ3v) is 4.35. The number of carbonyl (C=O) groups excluding carboxylic acids is 3. The van der Waals surface area contributed by atoms with Crippen LogP contribution in [-0.2, 0) is 19.1 Å². The molecule has 1 saturated heterocycles. The zero-order valence-electron chi connectivity index (χ0n) is 17.0. The first-order valence-electron chi connectivity index (χ1n) is 9.73. The highest BCUT2D eigenvalue weighted by Gasteiger charge is 2.27. The van der Waals surface area contributed by atoms with E-state index in [-0.39, 0.29) is 12.7 Å². The molecule has 0 amide bonds. The number of hydrogen-bond donors (Lipinski definition) is 0. The van der Waals surface area contributed by atoms with Gasteiger partial charge in [0, 0.05) is 18.1 Å². The van der Waals surface area contributed by atoms with Crippen LogP contribution in [0.4, 0.5) is 0 Å². The Morgan fingerprint density at radius 3 is 2.39 bits per heavy atom. The first-order chi connectivity index (χ1) is 14.9. The molecule has 7 nitrogen and oxygen atoms in total. The van der Waals surface area contributed by atoms with E-state index in [2.05, 4.69) is 6.58 Å². The van der Waals surface area contributed by atoms with Crippen LogP contribution in [0.3, 0.4) is 0 Å². The largest absolute Gasteiger partial charge is 0.490 e. The third-order valence-electron chi connectivity index (χ3n) is 4.35. The molecule has 0 aromatic heterocycles. The fraction of sp³-hybridized carbons (Fsp3) is 0.208. The maximum absolute atomic E-state index is 12.3. The second-order valence-electron chi connectivity index (χ2n) is 6.71. The van der Waals surface area contributed by atoms with E-state index >= 15 is 0 Å². The van der Waals surface area contributed by atoms with Gasteiger partial charge in [0.1, 0.15) is 24.2 Å². The van der Waals surface area contributed by atoms with Gasteiger partial charge in [0.2, 0.25) is 0 Å². The zero-order chi connectivity index (χ0) is 22.2. The van der Waals surface area contributed by atoms with Crippen LogP contribution in [0.1, 0.15) is 29.3 Å². The van der Waals surface area contributed by atoms with Crippen LogP contribution in [0.25, 0.3) is 6.08 Å². The maximum Gasteiger partial charge on any atom is 0.343 e. The number of ether oxygens (including phenoxy) is 4. The van der Waals surface area contributed by atoms with Crippen molar-refractivity contribution in [2.24, 2.45) is 0 Å². The lowest BCUT2D eigenvalue weighted by atomic mass is 10.2. The Balaban J connectivity index is 1.50. The average molecular weight is 422 g/mol. The van der Waals surface area contributed by atoms with Gasteiger partial charge in [-0.1, -0.05) is 18.7 Å². The molecule has 0 aliphatic carbocycles. The first-order valence-corrected chi connectivity index (χ1v) is 9.73. The number of benzene rings is 2. The Bertz CT molecular complexity index is 972. The van der Waals surface area contributed by atoms with E-state index in [1.807, 2.05) is 0 Å². The molecular formula is C24H22O7. The molecule has 0 spiro atoms. The summed E-state index contributed by atoms with van der Waals surface area (Å²) in [5.74, 6) is -0.401. The lowest BCUT2D eigenvalue weighted by Crippen LogP contribution is -2.17. The van der Waals surface area contributed by atoms with Gasteiger partial charge in [-0.25, -0.2) is 14.4 Å². The van der Waals surface area contributed by atoms with Crippen LogP contribution in [-0.4, -0.2) is 37.2 Å². The minimum Gasteiger partial charge on any atom is -0.490 e. The molecule has 160 valence electrons. The smallest absolute Gasteiger partial charge is 0.343 e. The molecule has 1 heterocycles. The minimum atomic E-state index is -0.512. The van der Waals surface area contributed by atoms with Crippen molar-refractivity contribution >= 4 is 24.0 Å². The molecule has 1 fully saturated rings. The lowest BCUT2D eigenvalue weighted by Gasteiger charge is -2.11. The first kappa shape index (κ1) is 21.8. The molecule has 1 aliphatic heterocycles. The van der Waals surface area contributed by atoms with Crippen LogP contribution in [0.15, 0.2) is 66.8 Å². The summed E-state index contributed by atoms with van der Waals surface area (Å²) in [5, 5.41) is 0. The summed E-state index contributed by atoms with van der Waals surface area (Å²) >= 11 is 0. The van der Waals surface area contributed by atoms with Gasteiger partial charge in [0.05, 0.1) is 12.2 Å². The molecule has 0 bridgehead atoms. The van der Waals surface area contributed by atoms with Crippen LogP contribution in [0.5, 0.6) is 11.5 Å². The number of carbonyl (C=O) groups is 3. The van der Waals surface area contributed by atoms with Crippen molar-refractivity contribution in [3.63, 3.8) is 0 Å². The second-order valence-corrected chi connectivity index (χ2v) is 6.71. The predicted molar refractivity (Wildman–Crippen MR) is 113 cm³/mol. The highest BCUT2D eigenvalue weighted by molar-refractivity contribution is 5.91. The fourth-order valence-electron chi connectivity index (χ4n) is 2.77. The Morgan fingerprint density at radius 2 is 1.77 bits per heavy atom. The molecule has 1 aliphatic rings. The monoisotopic (exact) mass is 422 g/mol. The van der Waals surface area contributed by atoms with Crippen molar-refractivity contribution in [2.75, 3.05) is 13.2 Å². The predicted octanol–water partition coefficient (Wildman–Crippen LogP) is 3.73. The maximum atomic E-state index is 12.3. The van der Waals surface area contributed by atoms with E-state index in [9.17, 15) is 14.4 Å². The van der Waals surface area contributed by atoms with Gasteiger partial charge in [-0.05, 0) is 55.0 Å². The van der Waals surface area contributed by atoms with Crippen molar-refractivity contribution < 1.29 is 33.3 Å². The molecule has 0 saturated carbocycles. The lowest BCUT2D eigenvalue weighted by molar-refractivity contribution is -0.140. The highest BCUT2D eigenvalue weighted by Crippen LogP contribution is 2.21. The Labute approximate surface area is 179 Å². The van der Waals surface area contributed by atoms with E-state index in [4.69, 9.17) is 18.9 Å². The summed E-state index contributed by atoms with van der Waals surface area (Å²) in [6.45, 7) is 5.90. The van der Waals surface area contributed by atoms with E-state index < -0.39 is 17.9 Å². The fourth-order valence-corrected chi connectivity index (χ4v) is 2.77. The molecule has 0 radical (unpaired) electrons. The van der Waals surface area contributed by atoms with Gasteiger partial charge < -0.3 is 18.9 Å². The van der Waals surface area contributed by atoms with Crippen LogP contribution in [0.2, 0.25) is 0 Å². The van der Waals surface area contributed by atoms with Crippen molar-refractivity contribution in [3.05, 3.63) is 77.9 Å². The molecule has 0 N–H and O–H groups in total. The van der Waals surface area contributed by atoms with Crippen LogP contribution < -0.4 is 9.47 Å². The normalized spacial score (nSPS) is 15.6. The number of esters is 3. The number of rotatable bonds is 8. The van der Waals surface area contributed by atoms with E-state index in [1.54, 1.807) is 61.5 Å². The van der Waals surface area contributed by atoms with Crippen molar-refractivity contribution in [3.8, 4) is 11.5 Å². The third kappa shape index (κ3) is 6.30. The summed E-state index contributed by atoms with van der Waals surface area (Å²) in [5.41, 5.74) is 1.57. The van der Waals surface area contributed by atoms with Crippen molar-refractivity contribution in [1.82, 2.24) is 0 Å². The summed E-state index contributed by atoms with van der Waals surface area (Å²) < 4.78 is 20.9.